The normalized spacial score (nSPS) is 24.2. The molecule has 1 heterocycles. The molecule has 116 valence electrons. The Balaban J connectivity index is 2.42. The Morgan fingerprint density at radius 2 is 2.05 bits per heavy atom. The Bertz CT molecular complexity index is 357. The first-order valence-corrected chi connectivity index (χ1v) is 6.98. The molecule has 1 rings (SSSR count). The molecule has 6 nitrogen and oxygen atoms in total. The number of hydrogen-bond donors (Lipinski definition) is 3. The molecule has 0 aromatic carbocycles. The van der Waals surface area contributed by atoms with Gasteiger partial charge in [0.1, 0.15) is 0 Å². The van der Waals surface area contributed by atoms with Gasteiger partial charge in [-0.2, -0.15) is 0 Å². The van der Waals surface area contributed by atoms with Gasteiger partial charge >= 0.3 is 12.0 Å². The Labute approximate surface area is 120 Å². The lowest BCUT2D eigenvalue weighted by atomic mass is 9.84. The summed E-state index contributed by atoms with van der Waals surface area (Å²) in [4.78, 5) is 23.0. The summed E-state index contributed by atoms with van der Waals surface area (Å²) in [6.45, 7) is 9.14. The van der Waals surface area contributed by atoms with E-state index >= 15 is 0 Å². The van der Waals surface area contributed by atoms with Crippen molar-refractivity contribution in [3.8, 4) is 0 Å². The molecule has 0 saturated carbocycles. The van der Waals surface area contributed by atoms with Crippen LogP contribution in [0.5, 0.6) is 0 Å². The lowest BCUT2D eigenvalue weighted by Crippen LogP contribution is -2.51. The fraction of sp³-hybridized carbons (Fsp3) is 0.857. The first-order chi connectivity index (χ1) is 9.11. The highest BCUT2D eigenvalue weighted by Gasteiger charge is 2.32. The molecule has 0 radical (unpaired) electrons. The Hall–Kier alpha value is -1.30. The highest BCUT2D eigenvalue weighted by molar-refractivity contribution is 5.76. The number of aliphatic carboxylic acids is 1. The van der Waals surface area contributed by atoms with Gasteiger partial charge in [-0.1, -0.05) is 20.8 Å². The van der Waals surface area contributed by atoms with E-state index in [9.17, 15) is 14.7 Å². The number of urea groups is 1. The molecule has 0 aromatic rings. The molecule has 0 aliphatic carbocycles. The van der Waals surface area contributed by atoms with Crippen LogP contribution in [0.15, 0.2) is 0 Å². The number of nitrogens with one attached hydrogen (secondary N) is 2. The van der Waals surface area contributed by atoms with Gasteiger partial charge in [-0.05, 0) is 25.2 Å². The predicted molar refractivity (Wildman–Crippen MR) is 75.6 cm³/mol. The summed E-state index contributed by atoms with van der Waals surface area (Å²) in [5, 5.41) is 14.7. The maximum absolute atomic E-state index is 11.8. The summed E-state index contributed by atoms with van der Waals surface area (Å²) in [5.41, 5.74) is -0.445. The van der Waals surface area contributed by atoms with Crippen LogP contribution in [0.2, 0.25) is 0 Å². The molecule has 0 spiro atoms. The first-order valence-electron chi connectivity index (χ1n) is 6.98. The molecule has 2 atom stereocenters. The highest BCUT2D eigenvalue weighted by Crippen LogP contribution is 2.24. The van der Waals surface area contributed by atoms with E-state index in [0.717, 1.165) is 6.42 Å². The van der Waals surface area contributed by atoms with E-state index in [-0.39, 0.29) is 23.5 Å². The van der Waals surface area contributed by atoms with Crippen molar-refractivity contribution in [3.63, 3.8) is 0 Å². The number of carboxylic acid groups (broad SMARTS) is 1. The molecule has 1 aliphatic rings. The minimum Gasteiger partial charge on any atom is -0.481 e. The van der Waals surface area contributed by atoms with Crippen molar-refractivity contribution >= 4 is 12.0 Å². The average molecular weight is 286 g/mol. The van der Waals surface area contributed by atoms with Crippen LogP contribution in [0.3, 0.4) is 0 Å². The zero-order valence-electron chi connectivity index (χ0n) is 12.8. The van der Waals surface area contributed by atoms with Gasteiger partial charge in [0.05, 0.1) is 18.1 Å². The minimum atomic E-state index is -0.879. The molecule has 6 heteroatoms. The third kappa shape index (κ3) is 5.77. The number of rotatable bonds is 5. The van der Waals surface area contributed by atoms with Crippen LogP contribution in [0.25, 0.3) is 0 Å². The lowest BCUT2D eigenvalue weighted by molar-refractivity contribution is -0.142. The molecular weight excluding hydrogens is 260 g/mol. The summed E-state index contributed by atoms with van der Waals surface area (Å²) < 4.78 is 5.25. The van der Waals surface area contributed by atoms with Crippen LogP contribution in [0.1, 0.15) is 40.5 Å². The monoisotopic (exact) mass is 286 g/mol. The van der Waals surface area contributed by atoms with Crippen LogP contribution >= 0.6 is 0 Å². The van der Waals surface area contributed by atoms with Gasteiger partial charge in [0.15, 0.2) is 0 Å². The first kappa shape index (κ1) is 16.8. The fourth-order valence-electron chi connectivity index (χ4n) is 2.29. The van der Waals surface area contributed by atoms with E-state index in [1.165, 1.54) is 0 Å². The number of hydrogen-bond acceptors (Lipinski definition) is 3. The van der Waals surface area contributed by atoms with E-state index in [1.807, 2.05) is 27.7 Å². The Morgan fingerprint density at radius 3 is 2.50 bits per heavy atom. The van der Waals surface area contributed by atoms with Gasteiger partial charge in [0.25, 0.3) is 0 Å². The smallest absolute Gasteiger partial charge is 0.315 e. The van der Waals surface area contributed by atoms with E-state index in [0.29, 0.717) is 19.6 Å². The third-order valence-electron chi connectivity index (χ3n) is 3.35. The fourth-order valence-corrected chi connectivity index (χ4v) is 2.29. The average Bonchev–Trinajstić information content (AvgIpc) is 2.69. The van der Waals surface area contributed by atoms with Gasteiger partial charge in [-0.3, -0.25) is 4.79 Å². The highest BCUT2D eigenvalue weighted by atomic mass is 16.5. The van der Waals surface area contributed by atoms with E-state index in [2.05, 4.69) is 10.6 Å². The maximum atomic E-state index is 11.8. The predicted octanol–water partition coefficient (Wildman–Crippen LogP) is 1.60. The number of ether oxygens (including phenoxy) is 1. The van der Waals surface area contributed by atoms with E-state index < -0.39 is 11.9 Å². The van der Waals surface area contributed by atoms with Gasteiger partial charge in [-0.15, -0.1) is 0 Å². The second kappa shape index (κ2) is 6.43. The number of amides is 2. The number of carboxylic acids is 1. The third-order valence-corrected chi connectivity index (χ3v) is 3.35. The van der Waals surface area contributed by atoms with Crippen LogP contribution in [0.4, 0.5) is 4.79 Å². The molecular formula is C14H26N2O4. The summed E-state index contributed by atoms with van der Waals surface area (Å²) in [5.74, 6) is -1.45. The minimum absolute atomic E-state index is 0.0908. The quantitative estimate of drug-likeness (QED) is 0.716. The van der Waals surface area contributed by atoms with Gasteiger partial charge < -0.3 is 20.5 Å². The Morgan fingerprint density at radius 1 is 1.40 bits per heavy atom. The van der Waals surface area contributed by atoms with E-state index in [1.54, 1.807) is 0 Å². The standard InChI is InChI=1S/C14H26N2O4/c1-13(2,3)7-10(11(17)18)8-15-12(19)16-14(4)5-6-20-9-14/h10H,5-9H2,1-4H3,(H,17,18)(H2,15,16,19). The maximum Gasteiger partial charge on any atom is 0.315 e. The molecule has 3 N–H and O–H groups in total. The van der Waals surface area contributed by atoms with Crippen LogP contribution < -0.4 is 10.6 Å². The van der Waals surface area contributed by atoms with Crippen molar-refractivity contribution in [1.82, 2.24) is 10.6 Å². The summed E-state index contributed by atoms with van der Waals surface area (Å²) in [6, 6.07) is -0.335. The number of carbonyl (C=O) groups excluding carboxylic acids is 1. The van der Waals surface area contributed by atoms with Crippen LogP contribution in [-0.4, -0.2) is 42.4 Å². The molecule has 1 aliphatic heterocycles. The van der Waals surface area contributed by atoms with Crippen molar-refractivity contribution in [2.75, 3.05) is 19.8 Å². The summed E-state index contributed by atoms with van der Waals surface area (Å²) >= 11 is 0. The van der Waals surface area contributed by atoms with Crippen molar-refractivity contribution in [2.24, 2.45) is 11.3 Å². The molecule has 20 heavy (non-hydrogen) atoms. The zero-order chi connectivity index (χ0) is 15.4. The van der Waals surface area contributed by atoms with Crippen molar-refractivity contribution in [1.29, 1.82) is 0 Å². The van der Waals surface area contributed by atoms with Crippen molar-refractivity contribution in [2.45, 2.75) is 46.1 Å². The van der Waals surface area contributed by atoms with Crippen LogP contribution in [-0.2, 0) is 9.53 Å². The van der Waals surface area contributed by atoms with Crippen molar-refractivity contribution in [3.05, 3.63) is 0 Å². The molecule has 2 unspecified atom stereocenters. The zero-order valence-corrected chi connectivity index (χ0v) is 12.8. The summed E-state index contributed by atoms with van der Waals surface area (Å²) in [6.07, 6.45) is 1.29. The second-order valence-corrected chi connectivity index (χ2v) is 7.00. The van der Waals surface area contributed by atoms with Crippen molar-refractivity contribution < 1.29 is 19.4 Å². The summed E-state index contributed by atoms with van der Waals surface area (Å²) in [7, 11) is 0. The molecule has 0 bridgehead atoms. The topological polar surface area (TPSA) is 87.7 Å². The lowest BCUT2D eigenvalue weighted by Gasteiger charge is -2.26. The van der Waals surface area contributed by atoms with Crippen LogP contribution in [0, 0.1) is 11.3 Å². The van der Waals surface area contributed by atoms with Gasteiger partial charge in [0, 0.05) is 13.2 Å². The molecule has 1 saturated heterocycles. The van der Waals surface area contributed by atoms with E-state index in [4.69, 9.17) is 4.74 Å². The molecule has 0 aromatic heterocycles. The van der Waals surface area contributed by atoms with Gasteiger partial charge in [-0.25, -0.2) is 4.79 Å². The second-order valence-electron chi connectivity index (χ2n) is 7.00. The molecule has 1 fully saturated rings. The number of carbonyl (C=O) groups is 2. The SMILES string of the molecule is CC(C)(C)CC(CNC(=O)NC1(C)CCOC1)C(=O)O. The van der Waals surface area contributed by atoms with Gasteiger partial charge in [0.2, 0.25) is 0 Å². The molecule has 2 amide bonds. The Kier molecular flexibility index (Phi) is 5.39. The largest absolute Gasteiger partial charge is 0.481 e.